The molecule has 6 heteroatoms. The number of nitrogens with two attached hydrogens (primary N) is 1. The maximum atomic E-state index is 12.3. The van der Waals surface area contributed by atoms with Gasteiger partial charge in [-0.2, -0.15) is 0 Å². The number of H-pyrrole nitrogens is 1. The zero-order valence-electron chi connectivity index (χ0n) is 6.48. The van der Waals surface area contributed by atoms with E-state index in [1.165, 1.54) is 6.07 Å². The summed E-state index contributed by atoms with van der Waals surface area (Å²) in [6.07, 6.45) is -2.68. The fourth-order valence-corrected chi connectivity index (χ4v) is 1.27. The van der Waals surface area contributed by atoms with Gasteiger partial charge in [-0.15, -0.1) is 0 Å². The molecule has 0 fully saturated rings. The molecule has 3 nitrogen and oxygen atoms in total. The summed E-state index contributed by atoms with van der Waals surface area (Å²) in [5, 5.41) is 0. The first-order valence-electron chi connectivity index (χ1n) is 3.46. The van der Waals surface area contributed by atoms with E-state index in [0.717, 1.165) is 0 Å². The lowest BCUT2D eigenvalue weighted by Gasteiger charge is -2.04. The Bertz CT molecular complexity index is 364. The Morgan fingerprint density at radius 2 is 2.23 bits per heavy atom. The van der Waals surface area contributed by atoms with Gasteiger partial charge in [0.2, 0.25) is 0 Å². The number of nitrogens with one attached hydrogen (secondary N) is 1. The van der Waals surface area contributed by atoms with Gasteiger partial charge in [0.1, 0.15) is 0 Å². The Balaban J connectivity index is 3.33. The standard InChI is InChI=1S/C7H7BrF2N2O/c8-5-4(6(9)10)1-3(2-11)12-7(5)13/h1,6H,2,11H2,(H,12,13). The Morgan fingerprint density at radius 3 is 2.69 bits per heavy atom. The second kappa shape index (κ2) is 3.97. The number of hydrogen-bond acceptors (Lipinski definition) is 2. The van der Waals surface area contributed by atoms with Crippen molar-refractivity contribution in [1.82, 2.24) is 4.98 Å². The van der Waals surface area contributed by atoms with Crippen LogP contribution in [-0.4, -0.2) is 4.98 Å². The molecule has 0 aromatic carbocycles. The van der Waals surface area contributed by atoms with Crippen molar-refractivity contribution in [2.45, 2.75) is 13.0 Å². The lowest BCUT2D eigenvalue weighted by Crippen LogP contribution is -2.14. The molecule has 0 atom stereocenters. The lowest BCUT2D eigenvalue weighted by atomic mass is 10.2. The van der Waals surface area contributed by atoms with Gasteiger partial charge in [0, 0.05) is 17.8 Å². The first-order valence-corrected chi connectivity index (χ1v) is 4.25. The highest BCUT2D eigenvalue weighted by Gasteiger charge is 2.14. The maximum Gasteiger partial charge on any atom is 0.265 e. The number of aromatic amines is 1. The number of pyridine rings is 1. The summed E-state index contributed by atoms with van der Waals surface area (Å²) in [7, 11) is 0. The Kier molecular flexibility index (Phi) is 3.16. The van der Waals surface area contributed by atoms with Crippen molar-refractivity contribution in [2.24, 2.45) is 5.73 Å². The monoisotopic (exact) mass is 252 g/mol. The summed E-state index contributed by atoms with van der Waals surface area (Å²) in [5.41, 5.74) is 4.59. The summed E-state index contributed by atoms with van der Waals surface area (Å²) in [5.74, 6) is 0. The van der Waals surface area contributed by atoms with E-state index >= 15 is 0 Å². The van der Waals surface area contributed by atoms with Crippen LogP contribution < -0.4 is 11.3 Å². The van der Waals surface area contributed by atoms with Crippen molar-refractivity contribution in [2.75, 3.05) is 0 Å². The van der Waals surface area contributed by atoms with E-state index in [1.54, 1.807) is 0 Å². The lowest BCUT2D eigenvalue weighted by molar-refractivity contribution is 0.150. The largest absolute Gasteiger partial charge is 0.325 e. The molecule has 0 aliphatic heterocycles. The number of halogens is 3. The van der Waals surface area contributed by atoms with Crippen molar-refractivity contribution in [3.63, 3.8) is 0 Å². The van der Waals surface area contributed by atoms with Gasteiger partial charge in [0.05, 0.1) is 4.47 Å². The van der Waals surface area contributed by atoms with E-state index in [0.29, 0.717) is 5.69 Å². The van der Waals surface area contributed by atoms with Crippen LogP contribution in [0.4, 0.5) is 8.78 Å². The van der Waals surface area contributed by atoms with Gasteiger partial charge in [-0.3, -0.25) is 4.79 Å². The summed E-state index contributed by atoms with van der Waals surface area (Å²) in [4.78, 5) is 13.4. The average Bonchev–Trinajstić information content (AvgIpc) is 2.09. The SMILES string of the molecule is NCc1cc(C(F)F)c(Br)c(=O)[nH]1. The molecule has 0 saturated heterocycles. The van der Waals surface area contributed by atoms with E-state index in [-0.39, 0.29) is 16.6 Å². The molecule has 0 aliphatic carbocycles. The molecule has 1 aromatic heterocycles. The highest BCUT2D eigenvalue weighted by Crippen LogP contribution is 2.24. The normalized spacial score (nSPS) is 10.8. The van der Waals surface area contributed by atoms with Gasteiger partial charge in [0.25, 0.3) is 12.0 Å². The molecule has 1 heterocycles. The summed E-state index contributed by atoms with van der Waals surface area (Å²) < 4.78 is 24.5. The van der Waals surface area contributed by atoms with E-state index in [4.69, 9.17) is 5.73 Å². The Morgan fingerprint density at radius 1 is 1.62 bits per heavy atom. The summed E-state index contributed by atoms with van der Waals surface area (Å²) in [6.45, 7) is 0.0300. The minimum atomic E-state index is -2.68. The zero-order valence-corrected chi connectivity index (χ0v) is 8.07. The van der Waals surface area contributed by atoms with Gasteiger partial charge >= 0.3 is 0 Å². The third kappa shape index (κ3) is 2.13. The molecule has 0 aliphatic rings. The quantitative estimate of drug-likeness (QED) is 0.839. The number of aromatic nitrogens is 1. The predicted octanol–water partition coefficient (Wildman–Crippen LogP) is 1.53. The average molecular weight is 253 g/mol. The smallest absolute Gasteiger partial charge is 0.265 e. The van der Waals surface area contributed by atoms with Gasteiger partial charge in [0.15, 0.2) is 0 Å². The van der Waals surface area contributed by atoms with E-state index < -0.39 is 12.0 Å². The van der Waals surface area contributed by atoms with Crippen LogP contribution in [0.5, 0.6) is 0 Å². The van der Waals surface area contributed by atoms with Crippen LogP contribution in [0.25, 0.3) is 0 Å². The van der Waals surface area contributed by atoms with Crippen LogP contribution in [0, 0.1) is 0 Å². The fourth-order valence-electron chi connectivity index (χ4n) is 0.888. The van der Waals surface area contributed by atoms with E-state index in [9.17, 15) is 13.6 Å². The molecular formula is C7H7BrF2N2O. The molecule has 0 spiro atoms. The molecule has 0 saturated carbocycles. The molecule has 0 radical (unpaired) electrons. The Hall–Kier alpha value is -0.750. The van der Waals surface area contributed by atoms with E-state index in [2.05, 4.69) is 20.9 Å². The van der Waals surface area contributed by atoms with Crippen LogP contribution >= 0.6 is 15.9 Å². The first-order chi connectivity index (χ1) is 6.06. The fraction of sp³-hybridized carbons (Fsp3) is 0.286. The highest BCUT2D eigenvalue weighted by molar-refractivity contribution is 9.10. The van der Waals surface area contributed by atoms with E-state index in [1.807, 2.05) is 0 Å². The number of alkyl halides is 2. The molecule has 0 bridgehead atoms. The third-order valence-corrected chi connectivity index (χ3v) is 2.33. The number of rotatable bonds is 2. The van der Waals surface area contributed by atoms with Crippen LogP contribution in [-0.2, 0) is 6.54 Å². The maximum absolute atomic E-state index is 12.3. The van der Waals surface area contributed by atoms with Gasteiger partial charge in [-0.05, 0) is 22.0 Å². The van der Waals surface area contributed by atoms with Gasteiger partial charge < -0.3 is 10.7 Å². The third-order valence-electron chi connectivity index (χ3n) is 1.51. The molecule has 0 unspecified atom stereocenters. The van der Waals surface area contributed by atoms with Crippen molar-refractivity contribution >= 4 is 15.9 Å². The van der Waals surface area contributed by atoms with Crippen LogP contribution in [0.3, 0.4) is 0 Å². The summed E-state index contributed by atoms with van der Waals surface area (Å²) >= 11 is 2.78. The molecule has 72 valence electrons. The predicted molar refractivity (Wildman–Crippen MR) is 47.6 cm³/mol. The number of hydrogen-bond donors (Lipinski definition) is 2. The van der Waals surface area contributed by atoms with Crippen molar-refractivity contribution in [3.05, 3.63) is 32.2 Å². The van der Waals surface area contributed by atoms with Crippen LogP contribution in [0.2, 0.25) is 0 Å². The molecule has 1 rings (SSSR count). The van der Waals surface area contributed by atoms with Gasteiger partial charge in [-0.1, -0.05) is 0 Å². The molecule has 3 N–H and O–H groups in total. The van der Waals surface area contributed by atoms with Crippen LogP contribution in [0.1, 0.15) is 17.7 Å². The molecular weight excluding hydrogens is 246 g/mol. The second-order valence-electron chi connectivity index (χ2n) is 2.40. The Labute approximate surface area is 81.1 Å². The van der Waals surface area contributed by atoms with Crippen molar-refractivity contribution < 1.29 is 8.78 Å². The zero-order chi connectivity index (χ0) is 10.0. The van der Waals surface area contributed by atoms with Crippen LogP contribution in [0.15, 0.2) is 15.3 Å². The topological polar surface area (TPSA) is 58.9 Å². The van der Waals surface area contributed by atoms with Gasteiger partial charge in [-0.25, -0.2) is 8.78 Å². The minimum Gasteiger partial charge on any atom is -0.325 e. The molecule has 1 aromatic rings. The molecule has 13 heavy (non-hydrogen) atoms. The summed E-state index contributed by atoms with van der Waals surface area (Å²) in [6, 6.07) is 1.18. The second-order valence-corrected chi connectivity index (χ2v) is 3.19. The van der Waals surface area contributed by atoms with Crippen molar-refractivity contribution in [1.29, 1.82) is 0 Å². The first kappa shape index (κ1) is 10.3. The molecule has 0 amide bonds. The van der Waals surface area contributed by atoms with Crippen molar-refractivity contribution in [3.8, 4) is 0 Å². The minimum absolute atomic E-state index is 0.0300. The highest BCUT2D eigenvalue weighted by atomic mass is 79.9.